The number of thiophene rings is 1. The lowest BCUT2D eigenvalue weighted by Gasteiger charge is -2.19. The number of methoxy groups -OCH3 is 1. The average molecular weight is 555 g/mol. The summed E-state index contributed by atoms with van der Waals surface area (Å²) in [5.74, 6) is 0.0366. The summed E-state index contributed by atoms with van der Waals surface area (Å²) in [5.41, 5.74) is 4.05. The molecule has 0 bridgehead atoms. The van der Waals surface area contributed by atoms with Gasteiger partial charge in [0, 0.05) is 28.6 Å². The van der Waals surface area contributed by atoms with Crippen LogP contribution in [0.5, 0.6) is 0 Å². The van der Waals surface area contributed by atoms with Gasteiger partial charge in [-0.2, -0.15) is 0 Å². The van der Waals surface area contributed by atoms with Gasteiger partial charge in [0.1, 0.15) is 10.6 Å². The average Bonchev–Trinajstić information content (AvgIpc) is 3.45. The number of rotatable bonds is 7. The van der Waals surface area contributed by atoms with E-state index < -0.39 is 5.97 Å². The second-order valence-electron chi connectivity index (χ2n) is 9.38. The number of nitrogens with one attached hydrogen (secondary N) is 1. The fraction of sp³-hybridized carbons (Fsp3) is 0.259. The molecule has 1 amide bonds. The topological polar surface area (TPSA) is 86.1 Å². The summed E-state index contributed by atoms with van der Waals surface area (Å²) in [7, 11) is 3.19. The lowest BCUT2D eigenvalue weighted by atomic mass is 9.87. The molecule has 7 nitrogen and oxygen atoms in total. The number of nitrogens with zero attached hydrogens (tertiary/aromatic N) is 3. The van der Waals surface area contributed by atoms with Gasteiger partial charge in [0.25, 0.3) is 0 Å². The molecule has 0 atom stereocenters. The van der Waals surface area contributed by atoms with Crippen LogP contribution in [0.1, 0.15) is 36.7 Å². The minimum absolute atomic E-state index is 0.0681. The minimum atomic E-state index is -0.524. The molecule has 0 aliphatic rings. The Morgan fingerprint density at radius 2 is 1.70 bits per heavy atom. The van der Waals surface area contributed by atoms with Gasteiger partial charge in [-0.25, -0.2) is 4.79 Å². The van der Waals surface area contributed by atoms with E-state index in [9.17, 15) is 9.59 Å². The van der Waals surface area contributed by atoms with Crippen molar-refractivity contribution >= 4 is 51.6 Å². The van der Waals surface area contributed by atoms with Crippen LogP contribution in [0.25, 0.3) is 22.5 Å². The molecular weight excluding hydrogens is 528 g/mol. The van der Waals surface area contributed by atoms with Crippen molar-refractivity contribution in [1.29, 1.82) is 0 Å². The van der Waals surface area contributed by atoms with E-state index in [1.165, 1.54) is 35.8 Å². The van der Waals surface area contributed by atoms with Crippen LogP contribution in [0.3, 0.4) is 0 Å². The maximum absolute atomic E-state index is 12.8. The highest BCUT2D eigenvalue weighted by Crippen LogP contribution is 2.37. The number of halogens is 1. The number of hydrogen-bond acceptors (Lipinski definition) is 7. The van der Waals surface area contributed by atoms with Crippen molar-refractivity contribution in [3.63, 3.8) is 0 Å². The second kappa shape index (κ2) is 11.1. The molecule has 10 heteroatoms. The van der Waals surface area contributed by atoms with E-state index in [4.69, 9.17) is 16.3 Å². The normalized spacial score (nSPS) is 11.4. The quantitative estimate of drug-likeness (QED) is 0.202. The number of aromatic nitrogens is 3. The Bertz CT molecular complexity index is 1420. The molecule has 4 aromatic rings. The van der Waals surface area contributed by atoms with Crippen LogP contribution < -0.4 is 5.32 Å². The number of carbonyl (C=O) groups excluding carboxylic acids is 2. The molecule has 37 heavy (non-hydrogen) atoms. The molecule has 1 N–H and O–H groups in total. The summed E-state index contributed by atoms with van der Waals surface area (Å²) in [6, 6.07) is 15.4. The molecule has 2 aromatic carbocycles. The molecular formula is C27H27ClN4O3S2. The van der Waals surface area contributed by atoms with Gasteiger partial charge >= 0.3 is 5.97 Å². The Labute approximate surface area is 229 Å². The first-order chi connectivity index (χ1) is 17.6. The largest absolute Gasteiger partial charge is 0.465 e. The fourth-order valence-corrected chi connectivity index (χ4v) is 5.51. The van der Waals surface area contributed by atoms with E-state index in [-0.39, 0.29) is 17.1 Å². The third-order valence-electron chi connectivity index (χ3n) is 5.77. The van der Waals surface area contributed by atoms with Gasteiger partial charge in [-0.15, -0.1) is 21.5 Å². The lowest BCUT2D eigenvalue weighted by molar-refractivity contribution is -0.113. The van der Waals surface area contributed by atoms with E-state index in [0.29, 0.717) is 26.3 Å². The number of esters is 1. The zero-order valence-electron chi connectivity index (χ0n) is 21.2. The van der Waals surface area contributed by atoms with Gasteiger partial charge in [0.15, 0.2) is 11.0 Å². The van der Waals surface area contributed by atoms with Crippen LogP contribution in [-0.4, -0.2) is 39.5 Å². The number of ether oxygens (including phenoxy) is 1. The van der Waals surface area contributed by atoms with Crippen molar-refractivity contribution < 1.29 is 14.3 Å². The Balaban J connectivity index is 1.46. The first kappa shape index (κ1) is 26.9. The van der Waals surface area contributed by atoms with Gasteiger partial charge < -0.3 is 14.6 Å². The fourth-order valence-electron chi connectivity index (χ4n) is 3.70. The van der Waals surface area contributed by atoms with Crippen molar-refractivity contribution in [2.75, 3.05) is 18.2 Å². The smallest absolute Gasteiger partial charge is 0.341 e. The van der Waals surface area contributed by atoms with E-state index in [0.717, 1.165) is 17.0 Å². The molecule has 0 aliphatic heterocycles. The lowest BCUT2D eigenvalue weighted by Crippen LogP contribution is -2.16. The predicted molar refractivity (Wildman–Crippen MR) is 151 cm³/mol. The highest BCUT2D eigenvalue weighted by Gasteiger charge is 2.23. The van der Waals surface area contributed by atoms with Crippen LogP contribution in [-0.2, 0) is 22.0 Å². The molecule has 0 unspecified atom stereocenters. The van der Waals surface area contributed by atoms with Crippen LogP contribution >= 0.6 is 34.7 Å². The number of carbonyl (C=O) groups is 2. The molecule has 0 saturated carbocycles. The van der Waals surface area contributed by atoms with Crippen molar-refractivity contribution in [3.8, 4) is 22.5 Å². The number of anilines is 1. The van der Waals surface area contributed by atoms with Crippen molar-refractivity contribution in [2.45, 2.75) is 31.3 Å². The van der Waals surface area contributed by atoms with E-state index in [2.05, 4.69) is 48.4 Å². The standard InChI is InChI=1S/C27H27ClN4O3S2/c1-27(2,3)18-10-6-17(7-11-18)23-30-31-26(32(23)4)37-15-21(33)29-24-22(25(34)35-5)20(14-36-24)16-8-12-19(28)13-9-16/h6-14H,15H2,1-5H3,(H,29,33). The van der Waals surface area contributed by atoms with E-state index >= 15 is 0 Å². The van der Waals surface area contributed by atoms with Gasteiger partial charge in [-0.1, -0.05) is 80.5 Å². The Morgan fingerprint density at radius 1 is 1.05 bits per heavy atom. The second-order valence-corrected chi connectivity index (χ2v) is 11.6. The Morgan fingerprint density at radius 3 is 2.32 bits per heavy atom. The highest BCUT2D eigenvalue weighted by atomic mass is 35.5. The third-order valence-corrected chi connectivity index (χ3v) is 7.93. The van der Waals surface area contributed by atoms with Gasteiger partial charge in [0.2, 0.25) is 5.91 Å². The Kier molecular flexibility index (Phi) is 8.06. The molecule has 0 aliphatic carbocycles. The zero-order chi connectivity index (χ0) is 26.7. The zero-order valence-corrected chi connectivity index (χ0v) is 23.6. The molecule has 4 rings (SSSR count). The summed E-state index contributed by atoms with van der Waals surface area (Å²) in [5, 5.41) is 14.9. The van der Waals surface area contributed by atoms with Crippen LogP contribution in [0.4, 0.5) is 5.00 Å². The maximum Gasteiger partial charge on any atom is 0.341 e. The first-order valence-electron chi connectivity index (χ1n) is 11.5. The monoisotopic (exact) mass is 554 g/mol. The molecule has 0 fully saturated rings. The number of hydrogen-bond donors (Lipinski definition) is 1. The SMILES string of the molecule is COC(=O)c1c(-c2ccc(Cl)cc2)csc1NC(=O)CSc1nnc(-c2ccc(C(C)(C)C)cc2)n1C. The third kappa shape index (κ3) is 6.06. The first-order valence-corrected chi connectivity index (χ1v) is 13.7. The summed E-state index contributed by atoms with van der Waals surface area (Å²) in [4.78, 5) is 25.4. The number of benzene rings is 2. The molecule has 0 spiro atoms. The number of thioether (sulfide) groups is 1. The molecule has 2 heterocycles. The van der Waals surface area contributed by atoms with Gasteiger partial charge in [0.05, 0.1) is 12.9 Å². The number of amides is 1. The van der Waals surface area contributed by atoms with Crippen molar-refractivity contribution in [2.24, 2.45) is 7.05 Å². The van der Waals surface area contributed by atoms with Gasteiger partial charge in [-0.3, -0.25) is 4.79 Å². The van der Waals surface area contributed by atoms with Gasteiger partial charge in [-0.05, 0) is 28.7 Å². The van der Waals surface area contributed by atoms with Crippen molar-refractivity contribution in [3.05, 3.63) is 70.1 Å². The Hall–Kier alpha value is -3.14. The summed E-state index contributed by atoms with van der Waals surface area (Å²) < 4.78 is 6.85. The predicted octanol–water partition coefficient (Wildman–Crippen LogP) is 6.68. The maximum atomic E-state index is 12.8. The minimum Gasteiger partial charge on any atom is -0.465 e. The van der Waals surface area contributed by atoms with Crippen LogP contribution in [0, 0.1) is 0 Å². The van der Waals surface area contributed by atoms with E-state index in [1.54, 1.807) is 12.1 Å². The summed E-state index contributed by atoms with van der Waals surface area (Å²) in [6.45, 7) is 6.52. The molecule has 192 valence electrons. The summed E-state index contributed by atoms with van der Waals surface area (Å²) >= 11 is 8.54. The molecule has 0 saturated heterocycles. The molecule has 2 aromatic heterocycles. The van der Waals surface area contributed by atoms with Crippen molar-refractivity contribution in [1.82, 2.24) is 14.8 Å². The van der Waals surface area contributed by atoms with Crippen LogP contribution in [0.2, 0.25) is 5.02 Å². The summed E-state index contributed by atoms with van der Waals surface area (Å²) in [6.07, 6.45) is 0. The highest BCUT2D eigenvalue weighted by molar-refractivity contribution is 7.99. The van der Waals surface area contributed by atoms with Crippen LogP contribution in [0.15, 0.2) is 59.1 Å². The van der Waals surface area contributed by atoms with E-state index in [1.807, 2.05) is 41.3 Å². The molecule has 0 radical (unpaired) electrons.